The van der Waals surface area contributed by atoms with Gasteiger partial charge in [-0.25, -0.2) is 0 Å². The topological polar surface area (TPSA) is 39.1 Å². The van der Waals surface area contributed by atoms with Gasteiger partial charge in [-0.15, -0.1) is 0 Å². The molecule has 0 aliphatic carbocycles. The summed E-state index contributed by atoms with van der Waals surface area (Å²) in [4.78, 5) is 0. The Balaban J connectivity index is 2.13. The van der Waals surface area contributed by atoms with Gasteiger partial charge in [0.1, 0.15) is 0 Å². The van der Waals surface area contributed by atoms with Crippen molar-refractivity contribution in [1.82, 2.24) is 15.1 Å². The van der Waals surface area contributed by atoms with Crippen molar-refractivity contribution in [1.29, 1.82) is 0 Å². The molecule has 0 spiro atoms. The third-order valence-corrected chi connectivity index (χ3v) is 2.14. The van der Waals surface area contributed by atoms with E-state index in [0.717, 1.165) is 19.8 Å². The monoisotopic (exact) mass is 167 g/mol. The molecule has 2 heterocycles. The molecule has 1 aliphatic heterocycles. The lowest BCUT2D eigenvalue weighted by Crippen LogP contribution is -2.35. The molecule has 66 valence electrons. The summed E-state index contributed by atoms with van der Waals surface area (Å²) in [6.07, 6.45) is 1.81. The first-order valence-electron chi connectivity index (χ1n) is 4.17. The van der Waals surface area contributed by atoms with E-state index >= 15 is 0 Å². The Morgan fingerprint density at radius 2 is 2.67 bits per heavy atom. The van der Waals surface area contributed by atoms with Gasteiger partial charge in [-0.3, -0.25) is 4.68 Å². The van der Waals surface area contributed by atoms with Crippen LogP contribution in [0.15, 0.2) is 12.3 Å². The first-order valence-corrected chi connectivity index (χ1v) is 4.17. The quantitative estimate of drug-likeness (QED) is 0.644. The zero-order valence-corrected chi connectivity index (χ0v) is 7.16. The molecule has 1 fully saturated rings. The average Bonchev–Trinajstić information content (AvgIpc) is 2.53. The number of hydrogen-bond acceptors (Lipinski definition) is 3. The van der Waals surface area contributed by atoms with Gasteiger partial charge in [0.2, 0.25) is 0 Å². The van der Waals surface area contributed by atoms with Crippen molar-refractivity contribution in [2.45, 2.75) is 6.04 Å². The van der Waals surface area contributed by atoms with Crippen LogP contribution in [0.4, 0.5) is 0 Å². The standard InChI is InChI=1S/C8H13N3O/c1-11-8(2-3-10-11)7-6-12-5-4-9-7/h2-3,7,9H,4-6H2,1H3/t7-/m1/s1. The first-order chi connectivity index (χ1) is 5.88. The lowest BCUT2D eigenvalue weighted by Gasteiger charge is -2.23. The minimum absolute atomic E-state index is 0.311. The fourth-order valence-corrected chi connectivity index (χ4v) is 1.48. The second-order valence-electron chi connectivity index (χ2n) is 2.96. The van der Waals surface area contributed by atoms with E-state index in [1.165, 1.54) is 5.69 Å². The smallest absolute Gasteiger partial charge is 0.0730 e. The molecule has 0 aromatic carbocycles. The minimum atomic E-state index is 0.311. The average molecular weight is 167 g/mol. The van der Waals surface area contributed by atoms with Crippen LogP contribution in [-0.2, 0) is 11.8 Å². The Kier molecular flexibility index (Phi) is 2.10. The molecule has 4 nitrogen and oxygen atoms in total. The number of aromatic nitrogens is 2. The Labute approximate surface area is 71.5 Å². The van der Waals surface area contributed by atoms with Gasteiger partial charge in [-0.05, 0) is 6.07 Å². The van der Waals surface area contributed by atoms with Crippen LogP contribution in [0.5, 0.6) is 0 Å². The molecule has 0 amide bonds. The van der Waals surface area contributed by atoms with Gasteiger partial charge in [-0.1, -0.05) is 0 Å². The number of nitrogens with zero attached hydrogens (tertiary/aromatic N) is 2. The SMILES string of the molecule is Cn1nccc1[C@H]1COCCN1. The van der Waals surface area contributed by atoms with Crippen molar-refractivity contribution in [3.63, 3.8) is 0 Å². The lowest BCUT2D eigenvalue weighted by molar-refractivity contribution is 0.0744. The molecular formula is C8H13N3O. The summed E-state index contributed by atoms with van der Waals surface area (Å²) >= 11 is 0. The maximum absolute atomic E-state index is 5.36. The van der Waals surface area contributed by atoms with Gasteiger partial charge in [0.05, 0.1) is 24.9 Å². The molecule has 1 aromatic heterocycles. The predicted molar refractivity (Wildman–Crippen MR) is 44.8 cm³/mol. The summed E-state index contributed by atoms with van der Waals surface area (Å²) < 4.78 is 7.24. The summed E-state index contributed by atoms with van der Waals surface area (Å²) in [7, 11) is 1.95. The fourth-order valence-electron chi connectivity index (χ4n) is 1.48. The molecule has 1 N–H and O–H groups in total. The van der Waals surface area contributed by atoms with Crippen LogP contribution in [0, 0.1) is 0 Å². The Morgan fingerprint density at radius 1 is 1.75 bits per heavy atom. The van der Waals surface area contributed by atoms with E-state index in [1.54, 1.807) is 0 Å². The number of morpholine rings is 1. The van der Waals surface area contributed by atoms with Crippen LogP contribution in [0.3, 0.4) is 0 Å². The first kappa shape index (κ1) is 7.76. The van der Waals surface area contributed by atoms with Crippen LogP contribution >= 0.6 is 0 Å². The highest BCUT2D eigenvalue weighted by Crippen LogP contribution is 2.13. The second kappa shape index (κ2) is 3.25. The Hall–Kier alpha value is -0.870. The summed E-state index contributed by atoms with van der Waals surface area (Å²) in [5.74, 6) is 0. The number of hydrogen-bond donors (Lipinski definition) is 1. The summed E-state index contributed by atoms with van der Waals surface area (Å²) in [6.45, 7) is 2.49. The summed E-state index contributed by atoms with van der Waals surface area (Å²) in [6, 6.07) is 2.33. The van der Waals surface area contributed by atoms with Gasteiger partial charge in [-0.2, -0.15) is 5.10 Å². The largest absolute Gasteiger partial charge is 0.378 e. The van der Waals surface area contributed by atoms with E-state index in [9.17, 15) is 0 Å². The third-order valence-electron chi connectivity index (χ3n) is 2.14. The van der Waals surface area contributed by atoms with Gasteiger partial charge in [0.25, 0.3) is 0 Å². The van der Waals surface area contributed by atoms with Crippen LogP contribution < -0.4 is 5.32 Å². The van der Waals surface area contributed by atoms with Crippen molar-refractivity contribution >= 4 is 0 Å². The maximum Gasteiger partial charge on any atom is 0.0730 e. The molecule has 1 saturated heterocycles. The van der Waals surface area contributed by atoms with Gasteiger partial charge in [0, 0.05) is 19.8 Å². The zero-order chi connectivity index (χ0) is 8.39. The minimum Gasteiger partial charge on any atom is -0.378 e. The van der Waals surface area contributed by atoms with E-state index in [0.29, 0.717) is 6.04 Å². The highest BCUT2D eigenvalue weighted by atomic mass is 16.5. The fraction of sp³-hybridized carbons (Fsp3) is 0.625. The van der Waals surface area contributed by atoms with Crippen LogP contribution in [0.25, 0.3) is 0 Å². The number of ether oxygens (including phenoxy) is 1. The van der Waals surface area contributed by atoms with Gasteiger partial charge < -0.3 is 10.1 Å². The zero-order valence-electron chi connectivity index (χ0n) is 7.16. The highest BCUT2D eigenvalue weighted by Gasteiger charge is 2.17. The second-order valence-corrected chi connectivity index (χ2v) is 2.96. The van der Waals surface area contributed by atoms with E-state index in [4.69, 9.17) is 4.74 Å². The molecule has 1 atom stereocenters. The number of rotatable bonds is 1. The molecule has 2 rings (SSSR count). The number of nitrogens with one attached hydrogen (secondary N) is 1. The highest BCUT2D eigenvalue weighted by molar-refractivity contribution is 5.07. The summed E-state index contributed by atoms with van der Waals surface area (Å²) in [5, 5.41) is 7.49. The van der Waals surface area contributed by atoms with Crippen molar-refractivity contribution in [3.05, 3.63) is 18.0 Å². The lowest BCUT2D eigenvalue weighted by atomic mass is 10.2. The van der Waals surface area contributed by atoms with Gasteiger partial charge in [0.15, 0.2) is 0 Å². The molecule has 0 radical (unpaired) electrons. The van der Waals surface area contributed by atoms with Crippen molar-refractivity contribution < 1.29 is 4.74 Å². The maximum atomic E-state index is 5.36. The number of aryl methyl sites for hydroxylation is 1. The Bertz CT molecular complexity index is 253. The molecule has 0 saturated carbocycles. The van der Waals surface area contributed by atoms with E-state index in [-0.39, 0.29) is 0 Å². The van der Waals surface area contributed by atoms with E-state index in [1.807, 2.05) is 24.0 Å². The Morgan fingerprint density at radius 3 is 3.25 bits per heavy atom. The molecule has 1 aromatic rings. The van der Waals surface area contributed by atoms with Gasteiger partial charge >= 0.3 is 0 Å². The van der Waals surface area contributed by atoms with Crippen LogP contribution in [-0.4, -0.2) is 29.5 Å². The molecule has 1 aliphatic rings. The molecule has 4 heteroatoms. The summed E-state index contributed by atoms with van der Waals surface area (Å²) in [5.41, 5.74) is 1.19. The molecule has 0 unspecified atom stereocenters. The molecule has 12 heavy (non-hydrogen) atoms. The van der Waals surface area contributed by atoms with E-state index in [2.05, 4.69) is 10.4 Å². The van der Waals surface area contributed by atoms with Crippen molar-refractivity contribution in [2.24, 2.45) is 7.05 Å². The van der Waals surface area contributed by atoms with Crippen LogP contribution in [0.2, 0.25) is 0 Å². The normalized spacial score (nSPS) is 24.2. The molecule has 0 bridgehead atoms. The third kappa shape index (κ3) is 1.35. The van der Waals surface area contributed by atoms with Crippen LogP contribution in [0.1, 0.15) is 11.7 Å². The van der Waals surface area contributed by atoms with Crippen molar-refractivity contribution in [3.8, 4) is 0 Å². The van der Waals surface area contributed by atoms with E-state index < -0.39 is 0 Å². The van der Waals surface area contributed by atoms with Crippen molar-refractivity contribution in [2.75, 3.05) is 19.8 Å². The molecular weight excluding hydrogens is 154 g/mol. The predicted octanol–water partition coefficient (Wildman–Crippen LogP) is 0.0810.